The fourth-order valence-electron chi connectivity index (χ4n) is 1.81. The summed E-state index contributed by atoms with van der Waals surface area (Å²) < 4.78 is 1.07. The summed E-state index contributed by atoms with van der Waals surface area (Å²) in [5, 5.41) is 3.17. The molecule has 4 heteroatoms. The van der Waals surface area contributed by atoms with Crippen molar-refractivity contribution >= 4 is 27.3 Å². The average molecular weight is 311 g/mol. The summed E-state index contributed by atoms with van der Waals surface area (Å²) in [4.78, 5) is 4.46. The third-order valence-electron chi connectivity index (χ3n) is 2.70. The van der Waals surface area contributed by atoms with Gasteiger partial charge in [0.2, 0.25) is 0 Å². The minimum Gasteiger partial charge on any atom is -0.324 e. The van der Waals surface area contributed by atoms with Crippen LogP contribution in [0.5, 0.6) is 0 Å². The molecule has 90 valence electrons. The Balaban J connectivity index is 2.19. The third-order valence-corrected chi connectivity index (χ3v) is 4.18. The maximum atomic E-state index is 6.25. The first kappa shape index (κ1) is 12.7. The molecule has 2 rings (SSSR count). The van der Waals surface area contributed by atoms with Crippen LogP contribution in [0.1, 0.15) is 27.9 Å². The fraction of sp³-hybridized carbons (Fsp3) is 0.308. The Morgan fingerprint density at radius 2 is 2.18 bits per heavy atom. The number of thiazole rings is 1. The predicted octanol–water partition coefficient (Wildman–Crippen LogP) is 3.76. The summed E-state index contributed by atoms with van der Waals surface area (Å²) in [5.74, 6) is 0. The Morgan fingerprint density at radius 1 is 1.41 bits per heavy atom. The van der Waals surface area contributed by atoms with Crippen LogP contribution in [0, 0.1) is 13.8 Å². The molecule has 0 radical (unpaired) electrons. The number of aromatic nitrogens is 1. The quantitative estimate of drug-likeness (QED) is 0.937. The van der Waals surface area contributed by atoms with Gasteiger partial charge < -0.3 is 5.73 Å². The van der Waals surface area contributed by atoms with E-state index in [1.807, 2.05) is 13.0 Å². The van der Waals surface area contributed by atoms with Crippen molar-refractivity contribution in [1.82, 2.24) is 4.98 Å². The molecule has 2 aromatic rings. The molecule has 17 heavy (non-hydrogen) atoms. The molecule has 0 aliphatic rings. The van der Waals surface area contributed by atoms with Gasteiger partial charge in [0.05, 0.1) is 5.01 Å². The highest BCUT2D eigenvalue weighted by molar-refractivity contribution is 9.10. The molecule has 1 aromatic carbocycles. The van der Waals surface area contributed by atoms with Crippen molar-refractivity contribution in [3.05, 3.63) is 49.9 Å². The molecule has 0 saturated heterocycles. The molecule has 1 unspecified atom stereocenters. The Kier molecular flexibility index (Phi) is 3.97. The highest BCUT2D eigenvalue weighted by atomic mass is 79.9. The molecular formula is C13H15BrN2S. The monoisotopic (exact) mass is 310 g/mol. The molecule has 0 saturated carbocycles. The Labute approximate surface area is 114 Å². The van der Waals surface area contributed by atoms with E-state index in [4.69, 9.17) is 5.73 Å². The van der Waals surface area contributed by atoms with Crippen LogP contribution >= 0.6 is 27.3 Å². The number of benzene rings is 1. The second-order valence-corrected chi connectivity index (χ2v) is 6.05. The smallest absolute Gasteiger partial charge is 0.0947 e. The lowest BCUT2D eigenvalue weighted by Gasteiger charge is -2.13. The first-order valence-corrected chi connectivity index (χ1v) is 7.16. The highest BCUT2D eigenvalue weighted by Crippen LogP contribution is 2.24. The molecule has 0 aliphatic carbocycles. The van der Waals surface area contributed by atoms with Crippen molar-refractivity contribution in [2.75, 3.05) is 0 Å². The number of halogens is 1. The van der Waals surface area contributed by atoms with Gasteiger partial charge in [0.15, 0.2) is 0 Å². The van der Waals surface area contributed by atoms with Gasteiger partial charge in [0.1, 0.15) is 0 Å². The first-order valence-electron chi connectivity index (χ1n) is 5.49. The summed E-state index contributed by atoms with van der Waals surface area (Å²) in [6.07, 6.45) is 0.801. The maximum absolute atomic E-state index is 6.25. The minimum atomic E-state index is 0.0121. The van der Waals surface area contributed by atoms with Crippen molar-refractivity contribution in [3.63, 3.8) is 0 Å². The lowest BCUT2D eigenvalue weighted by Crippen LogP contribution is -2.14. The Morgan fingerprint density at radius 3 is 2.82 bits per heavy atom. The number of aryl methyl sites for hydroxylation is 2. The summed E-state index contributed by atoms with van der Waals surface area (Å²) >= 11 is 5.17. The van der Waals surface area contributed by atoms with Gasteiger partial charge >= 0.3 is 0 Å². The maximum Gasteiger partial charge on any atom is 0.0947 e. The lowest BCUT2D eigenvalue weighted by atomic mass is 10.00. The summed E-state index contributed by atoms with van der Waals surface area (Å²) in [7, 11) is 0. The Bertz CT molecular complexity index is 522. The van der Waals surface area contributed by atoms with E-state index < -0.39 is 0 Å². The molecule has 1 aromatic heterocycles. The molecule has 0 aliphatic heterocycles. The largest absolute Gasteiger partial charge is 0.324 e. The molecule has 0 spiro atoms. The number of nitrogens with zero attached hydrogens (tertiary/aromatic N) is 1. The molecule has 2 N–H and O–H groups in total. The van der Waals surface area contributed by atoms with Crippen LogP contribution in [0.2, 0.25) is 0 Å². The van der Waals surface area contributed by atoms with Gasteiger partial charge in [0, 0.05) is 28.0 Å². The molecule has 0 bridgehead atoms. The van der Waals surface area contributed by atoms with Crippen LogP contribution in [-0.4, -0.2) is 4.98 Å². The van der Waals surface area contributed by atoms with Crippen LogP contribution in [-0.2, 0) is 6.42 Å². The zero-order valence-electron chi connectivity index (χ0n) is 9.90. The second-order valence-electron chi connectivity index (χ2n) is 4.19. The van der Waals surface area contributed by atoms with Gasteiger partial charge in [-0.05, 0) is 37.1 Å². The minimum absolute atomic E-state index is 0.0121. The molecule has 1 heterocycles. The topological polar surface area (TPSA) is 38.9 Å². The molecule has 0 fully saturated rings. The van der Waals surface area contributed by atoms with Gasteiger partial charge in [-0.1, -0.05) is 22.0 Å². The zero-order valence-corrected chi connectivity index (χ0v) is 12.3. The first-order chi connectivity index (χ1) is 8.06. The highest BCUT2D eigenvalue weighted by Gasteiger charge is 2.12. The van der Waals surface area contributed by atoms with Crippen molar-refractivity contribution in [2.45, 2.75) is 26.3 Å². The summed E-state index contributed by atoms with van der Waals surface area (Å²) in [6.45, 7) is 4.10. The summed E-state index contributed by atoms with van der Waals surface area (Å²) in [5.41, 5.74) is 9.74. The van der Waals surface area contributed by atoms with Gasteiger partial charge in [-0.2, -0.15) is 0 Å². The standard InChI is InChI=1S/C13H15BrN2S/c1-8-3-4-10(14)5-11(8)12(15)6-13-16-9(2)7-17-13/h3-5,7,12H,6,15H2,1-2H3. The van der Waals surface area contributed by atoms with Crippen molar-refractivity contribution in [3.8, 4) is 0 Å². The molecule has 1 atom stereocenters. The normalized spacial score (nSPS) is 12.7. The molecular weight excluding hydrogens is 296 g/mol. The van der Waals surface area contributed by atoms with Gasteiger partial charge in [-0.25, -0.2) is 4.98 Å². The van der Waals surface area contributed by atoms with Gasteiger partial charge in [-0.15, -0.1) is 11.3 Å². The number of rotatable bonds is 3. The van der Waals surface area contributed by atoms with E-state index in [2.05, 4.69) is 45.4 Å². The lowest BCUT2D eigenvalue weighted by molar-refractivity contribution is 0.711. The number of nitrogens with two attached hydrogens (primary N) is 1. The Hall–Kier alpha value is -0.710. The van der Waals surface area contributed by atoms with E-state index >= 15 is 0 Å². The number of hydrogen-bond donors (Lipinski definition) is 1. The van der Waals surface area contributed by atoms with Crippen molar-refractivity contribution < 1.29 is 0 Å². The molecule has 2 nitrogen and oxygen atoms in total. The van der Waals surface area contributed by atoms with E-state index in [9.17, 15) is 0 Å². The van der Waals surface area contributed by atoms with Crippen LogP contribution in [0.15, 0.2) is 28.1 Å². The predicted molar refractivity (Wildman–Crippen MR) is 76.4 cm³/mol. The van der Waals surface area contributed by atoms with E-state index in [1.54, 1.807) is 11.3 Å². The van der Waals surface area contributed by atoms with Gasteiger partial charge in [0.25, 0.3) is 0 Å². The molecule has 0 amide bonds. The average Bonchev–Trinajstić information content (AvgIpc) is 2.67. The van der Waals surface area contributed by atoms with Crippen molar-refractivity contribution in [2.24, 2.45) is 5.73 Å². The third kappa shape index (κ3) is 3.15. The fourth-order valence-corrected chi connectivity index (χ4v) is 3.02. The van der Waals surface area contributed by atoms with E-state index in [-0.39, 0.29) is 6.04 Å². The SMILES string of the molecule is Cc1csc(CC(N)c2cc(Br)ccc2C)n1. The second kappa shape index (κ2) is 5.29. The number of hydrogen-bond acceptors (Lipinski definition) is 3. The van der Waals surface area contributed by atoms with Crippen molar-refractivity contribution in [1.29, 1.82) is 0 Å². The van der Waals surface area contributed by atoms with E-state index in [0.717, 1.165) is 21.6 Å². The summed E-state index contributed by atoms with van der Waals surface area (Å²) in [6, 6.07) is 6.24. The zero-order chi connectivity index (χ0) is 12.4. The van der Waals surface area contributed by atoms with E-state index in [0.29, 0.717) is 0 Å². The van der Waals surface area contributed by atoms with Crippen LogP contribution in [0.25, 0.3) is 0 Å². The van der Waals surface area contributed by atoms with Crippen LogP contribution < -0.4 is 5.73 Å². The van der Waals surface area contributed by atoms with E-state index in [1.165, 1.54) is 11.1 Å². The van der Waals surface area contributed by atoms with Crippen LogP contribution in [0.4, 0.5) is 0 Å². The van der Waals surface area contributed by atoms with Gasteiger partial charge in [-0.3, -0.25) is 0 Å². The van der Waals surface area contributed by atoms with Crippen LogP contribution in [0.3, 0.4) is 0 Å².